The van der Waals surface area contributed by atoms with Gasteiger partial charge in [0.25, 0.3) is 0 Å². The van der Waals surface area contributed by atoms with Crippen LogP contribution in [0.15, 0.2) is 72.8 Å². The molecule has 0 saturated carbocycles. The maximum Gasteiger partial charge on any atom is 0.233 e. The Morgan fingerprint density at radius 1 is 0.923 bits per heavy atom. The highest BCUT2D eigenvalue weighted by molar-refractivity contribution is 7.80. The van der Waals surface area contributed by atoms with Crippen LogP contribution in [0.4, 0.5) is 14.5 Å². The Balaban J connectivity index is 0.00000420. The van der Waals surface area contributed by atoms with Gasteiger partial charge in [-0.3, -0.25) is 8.98 Å². The first-order chi connectivity index (χ1) is 18.1. The van der Waals surface area contributed by atoms with Crippen LogP contribution in [-0.4, -0.2) is 37.2 Å². The van der Waals surface area contributed by atoms with Crippen LogP contribution in [-0.2, 0) is 19.4 Å². The summed E-state index contributed by atoms with van der Waals surface area (Å²) in [6, 6.07) is 17.8. The van der Waals surface area contributed by atoms with Gasteiger partial charge >= 0.3 is 0 Å². The van der Waals surface area contributed by atoms with E-state index >= 15 is 0 Å². The maximum atomic E-state index is 13.5. The predicted molar refractivity (Wildman–Crippen MR) is 139 cm³/mol. The predicted octanol–water partition coefficient (Wildman–Crippen LogP) is 4.80. The van der Waals surface area contributed by atoms with Gasteiger partial charge in [-0.1, -0.05) is 24.3 Å². The number of ether oxygens (including phenoxy) is 1. The van der Waals surface area contributed by atoms with Crippen LogP contribution in [0.2, 0.25) is 0 Å². The zero-order valence-corrected chi connectivity index (χ0v) is 22.0. The first kappa shape index (κ1) is 30.1. The fraction of sp³-hybridized carbons (Fsp3) is 0.296. The van der Waals surface area contributed by atoms with E-state index in [1.165, 1.54) is 48.5 Å². The van der Waals surface area contributed by atoms with Gasteiger partial charge in [0.15, 0.2) is 0 Å². The van der Waals surface area contributed by atoms with E-state index in [2.05, 4.69) is 4.18 Å². The molecule has 1 aliphatic rings. The molecule has 0 spiro atoms. The van der Waals surface area contributed by atoms with Crippen molar-refractivity contribution in [3.8, 4) is 5.75 Å². The lowest BCUT2D eigenvalue weighted by Gasteiger charge is -2.48. The molecule has 5 N–H and O–H groups in total. The van der Waals surface area contributed by atoms with Crippen molar-refractivity contribution in [2.45, 2.75) is 31.4 Å². The number of halogens is 2. The highest BCUT2D eigenvalue weighted by Gasteiger charge is 2.48. The van der Waals surface area contributed by atoms with Crippen LogP contribution in [0, 0.1) is 17.6 Å². The van der Waals surface area contributed by atoms with Crippen LogP contribution in [0.1, 0.15) is 42.5 Å². The number of quaternary nitrogens is 1. The van der Waals surface area contributed by atoms with Gasteiger partial charge in [-0.2, -0.15) is 0 Å². The quantitative estimate of drug-likeness (QED) is 0.139. The summed E-state index contributed by atoms with van der Waals surface area (Å²) in [5, 5.41) is 10.6. The fourth-order valence-corrected chi connectivity index (χ4v) is 4.78. The number of rotatable bonds is 12. The number of β-lactam (4-membered cyclic amide) rings is 1. The number of carbonyl (C=O) groups excluding carboxylic acids is 1. The smallest absolute Gasteiger partial charge is 0.233 e. The van der Waals surface area contributed by atoms with E-state index in [-0.39, 0.29) is 44.2 Å². The topological polar surface area (TPSA) is 153 Å². The summed E-state index contributed by atoms with van der Waals surface area (Å²) in [6.07, 6.45) is -0.00381. The number of anilines is 1. The Morgan fingerprint density at radius 2 is 1.51 bits per heavy atom. The van der Waals surface area contributed by atoms with Crippen molar-refractivity contribution in [3.05, 3.63) is 95.6 Å². The zero-order valence-electron chi connectivity index (χ0n) is 21.2. The number of amides is 1. The van der Waals surface area contributed by atoms with Gasteiger partial charge in [0.05, 0.1) is 31.3 Å². The number of hydrogen-bond donors (Lipinski definition) is 2. The molecular formula is C27H30F2N2O7S. The first-order valence-corrected chi connectivity index (χ1v) is 13.3. The van der Waals surface area contributed by atoms with Gasteiger partial charge in [-0.25, -0.2) is 17.2 Å². The minimum Gasteiger partial charge on any atom is -0.726 e. The molecule has 1 amide bonds. The number of hydrogen-bond acceptors (Lipinski definition) is 7. The standard InChI is InChI=1S/C27H27F2NO7S.H3N/c28-20-6-2-18(3-7-20)25(31)15-14-24-26(30(27(24)32)22-10-8-21(29)9-11-22)19-4-12-23(13-5-19)36-16-1-17-37-38(33,34)35;/h2-13,24-26,31H,1,14-17H2,(H,33,34,35);1H3/t24-,25+,26-;/m1./s1. The summed E-state index contributed by atoms with van der Waals surface area (Å²) in [5.41, 5.74) is 1.92. The van der Waals surface area contributed by atoms with Gasteiger partial charge in [0.1, 0.15) is 17.4 Å². The molecule has 39 heavy (non-hydrogen) atoms. The largest absolute Gasteiger partial charge is 0.726 e. The highest BCUT2D eigenvalue weighted by atomic mass is 32.3. The van der Waals surface area contributed by atoms with Crippen LogP contribution >= 0.6 is 0 Å². The molecule has 1 aliphatic heterocycles. The molecule has 3 aromatic rings. The Bertz CT molecular complexity index is 1340. The number of aliphatic hydroxyl groups is 1. The van der Waals surface area contributed by atoms with Gasteiger partial charge in [-0.15, -0.1) is 0 Å². The Hall–Kier alpha value is -3.42. The van der Waals surface area contributed by atoms with Crippen LogP contribution < -0.4 is 15.8 Å². The molecule has 12 heteroatoms. The molecule has 0 aliphatic carbocycles. The van der Waals surface area contributed by atoms with Crippen LogP contribution in [0.5, 0.6) is 5.75 Å². The number of nitrogens with zero attached hydrogens (tertiary/aromatic N) is 1. The van der Waals surface area contributed by atoms with Crippen molar-refractivity contribution in [2.24, 2.45) is 5.92 Å². The molecule has 9 nitrogen and oxygen atoms in total. The molecule has 210 valence electrons. The summed E-state index contributed by atoms with van der Waals surface area (Å²) < 4.78 is 67.8. The van der Waals surface area contributed by atoms with E-state index in [1.807, 2.05) is 0 Å². The van der Waals surface area contributed by atoms with Crippen molar-refractivity contribution < 1.29 is 40.6 Å². The molecule has 0 radical (unpaired) electrons. The molecule has 1 saturated heterocycles. The SMILES string of the molecule is O=C1[C@H](CC[C@H](O)c2ccc(F)cc2)[C@@H](c2ccc(OCCCOS(=O)(=O)[O-])cc2)N1c1ccc(F)cc1.[NH4+]. The number of carbonyl (C=O) groups is 1. The highest BCUT2D eigenvalue weighted by Crippen LogP contribution is 2.46. The van der Waals surface area contributed by atoms with E-state index in [0.29, 0.717) is 23.4 Å². The minimum absolute atomic E-state index is 0. The monoisotopic (exact) mass is 564 g/mol. The molecule has 1 fully saturated rings. The van der Waals surface area contributed by atoms with Crippen molar-refractivity contribution >= 4 is 22.0 Å². The van der Waals surface area contributed by atoms with Gasteiger partial charge in [0, 0.05) is 12.1 Å². The summed E-state index contributed by atoms with van der Waals surface area (Å²) in [5.74, 6) is -0.908. The number of aliphatic hydroxyl groups excluding tert-OH is 1. The molecular weight excluding hydrogens is 534 g/mol. The van der Waals surface area contributed by atoms with Crippen molar-refractivity contribution in [2.75, 3.05) is 18.1 Å². The van der Waals surface area contributed by atoms with E-state index in [0.717, 1.165) is 5.56 Å². The molecule has 3 aromatic carbocycles. The van der Waals surface area contributed by atoms with E-state index in [1.54, 1.807) is 29.2 Å². The first-order valence-electron chi connectivity index (χ1n) is 12.0. The number of benzene rings is 3. The summed E-state index contributed by atoms with van der Waals surface area (Å²) in [6.45, 7) is -0.158. The zero-order chi connectivity index (χ0) is 27.3. The van der Waals surface area contributed by atoms with Crippen LogP contribution in [0.3, 0.4) is 0 Å². The lowest BCUT2D eigenvalue weighted by Crippen LogP contribution is -2.55. The Morgan fingerprint density at radius 3 is 2.10 bits per heavy atom. The van der Waals surface area contributed by atoms with Gasteiger partial charge in [-0.05, 0) is 72.5 Å². The third-order valence-electron chi connectivity index (χ3n) is 6.33. The second-order valence-electron chi connectivity index (χ2n) is 8.88. The summed E-state index contributed by atoms with van der Waals surface area (Å²) in [7, 11) is -4.74. The molecule has 1 heterocycles. The molecule has 4 rings (SSSR count). The third-order valence-corrected chi connectivity index (χ3v) is 6.79. The molecule has 0 unspecified atom stereocenters. The van der Waals surface area contributed by atoms with Crippen molar-refractivity contribution in [3.63, 3.8) is 0 Å². The summed E-state index contributed by atoms with van der Waals surface area (Å²) >= 11 is 0. The Kier molecular flexibility index (Phi) is 10.1. The second-order valence-corrected chi connectivity index (χ2v) is 9.93. The van der Waals surface area contributed by atoms with E-state index in [4.69, 9.17) is 4.74 Å². The second kappa shape index (κ2) is 13.1. The lowest BCUT2D eigenvalue weighted by molar-refractivity contribution is -0.131. The molecule has 0 aromatic heterocycles. The molecule has 3 atom stereocenters. The molecule has 0 bridgehead atoms. The van der Waals surface area contributed by atoms with Crippen molar-refractivity contribution in [1.29, 1.82) is 0 Å². The van der Waals surface area contributed by atoms with E-state index < -0.39 is 34.1 Å². The third kappa shape index (κ3) is 7.80. The summed E-state index contributed by atoms with van der Waals surface area (Å²) in [4.78, 5) is 14.8. The van der Waals surface area contributed by atoms with Gasteiger partial charge in [0.2, 0.25) is 16.3 Å². The average molecular weight is 565 g/mol. The van der Waals surface area contributed by atoms with Gasteiger partial charge < -0.3 is 25.4 Å². The minimum atomic E-state index is -4.74. The fourth-order valence-electron chi connectivity index (χ4n) is 4.46. The van der Waals surface area contributed by atoms with Crippen LogP contribution in [0.25, 0.3) is 0 Å². The maximum absolute atomic E-state index is 13.5. The normalized spacial score (nSPS) is 17.7. The van der Waals surface area contributed by atoms with E-state index in [9.17, 15) is 31.7 Å². The van der Waals surface area contributed by atoms with Crippen molar-refractivity contribution in [1.82, 2.24) is 6.15 Å². The Labute approximate surface area is 225 Å². The average Bonchev–Trinajstić information content (AvgIpc) is 2.88. The lowest BCUT2D eigenvalue weighted by atomic mass is 9.78.